The summed E-state index contributed by atoms with van der Waals surface area (Å²) in [4.78, 5) is 23.1. The van der Waals surface area contributed by atoms with E-state index >= 15 is 0 Å². The van der Waals surface area contributed by atoms with Crippen LogP contribution >= 0.6 is 0 Å². The second-order valence-electron chi connectivity index (χ2n) is 4.65. The predicted molar refractivity (Wildman–Crippen MR) is 69.1 cm³/mol. The summed E-state index contributed by atoms with van der Waals surface area (Å²) in [7, 11) is 0. The summed E-state index contributed by atoms with van der Waals surface area (Å²) in [5.41, 5.74) is 0. The van der Waals surface area contributed by atoms with Crippen molar-refractivity contribution in [2.45, 2.75) is 45.6 Å². The first-order valence-corrected chi connectivity index (χ1v) is 6.84. The SMILES string of the molecule is CCNCC(=O)NC1CCC(C(=O)OCC)CC1. The third-order valence-electron chi connectivity index (χ3n) is 3.25. The molecule has 1 rings (SSSR count). The van der Waals surface area contributed by atoms with Crippen LogP contribution in [0, 0.1) is 5.92 Å². The Balaban J connectivity index is 2.22. The van der Waals surface area contributed by atoms with E-state index in [0.29, 0.717) is 13.2 Å². The monoisotopic (exact) mass is 256 g/mol. The zero-order valence-electron chi connectivity index (χ0n) is 11.3. The van der Waals surface area contributed by atoms with E-state index in [4.69, 9.17) is 4.74 Å². The third kappa shape index (κ3) is 5.04. The molecule has 1 aliphatic rings. The molecule has 1 aliphatic carbocycles. The number of hydrogen-bond donors (Lipinski definition) is 2. The fourth-order valence-corrected chi connectivity index (χ4v) is 2.25. The lowest BCUT2D eigenvalue weighted by atomic mass is 9.86. The molecule has 1 saturated carbocycles. The highest BCUT2D eigenvalue weighted by atomic mass is 16.5. The van der Waals surface area contributed by atoms with Crippen LogP contribution in [0.3, 0.4) is 0 Å². The number of hydrogen-bond acceptors (Lipinski definition) is 4. The number of likely N-dealkylation sites (N-methyl/N-ethyl adjacent to an activating group) is 1. The Morgan fingerprint density at radius 1 is 1.17 bits per heavy atom. The van der Waals surface area contributed by atoms with E-state index in [9.17, 15) is 9.59 Å². The van der Waals surface area contributed by atoms with Crippen LogP contribution in [0.1, 0.15) is 39.5 Å². The summed E-state index contributed by atoms with van der Waals surface area (Å²) in [6.07, 6.45) is 3.35. The molecule has 0 heterocycles. The second kappa shape index (κ2) is 8.08. The molecule has 0 aliphatic heterocycles. The molecule has 18 heavy (non-hydrogen) atoms. The van der Waals surface area contributed by atoms with Crippen LogP contribution in [0.15, 0.2) is 0 Å². The van der Waals surface area contributed by atoms with Gasteiger partial charge in [-0.3, -0.25) is 9.59 Å². The predicted octanol–water partition coefficient (Wildman–Crippen LogP) is 0.834. The van der Waals surface area contributed by atoms with Crippen LogP contribution in [0.5, 0.6) is 0 Å². The molecule has 0 aromatic carbocycles. The topological polar surface area (TPSA) is 67.4 Å². The van der Waals surface area contributed by atoms with Crippen molar-refractivity contribution in [2.75, 3.05) is 19.7 Å². The van der Waals surface area contributed by atoms with E-state index in [1.54, 1.807) is 0 Å². The maximum Gasteiger partial charge on any atom is 0.308 e. The zero-order chi connectivity index (χ0) is 13.4. The lowest BCUT2D eigenvalue weighted by molar-refractivity contribution is -0.149. The summed E-state index contributed by atoms with van der Waals surface area (Å²) in [6, 6.07) is 0.210. The fraction of sp³-hybridized carbons (Fsp3) is 0.846. The molecule has 1 fully saturated rings. The maximum atomic E-state index is 11.5. The van der Waals surface area contributed by atoms with Gasteiger partial charge in [0.2, 0.25) is 5.91 Å². The van der Waals surface area contributed by atoms with Gasteiger partial charge in [-0.1, -0.05) is 6.92 Å². The summed E-state index contributed by atoms with van der Waals surface area (Å²) in [6.45, 7) is 5.40. The molecule has 0 aromatic rings. The molecular formula is C13H24N2O3. The van der Waals surface area contributed by atoms with Crippen molar-refractivity contribution in [1.29, 1.82) is 0 Å². The average molecular weight is 256 g/mol. The van der Waals surface area contributed by atoms with Gasteiger partial charge in [0.15, 0.2) is 0 Å². The highest BCUT2D eigenvalue weighted by molar-refractivity contribution is 5.78. The minimum atomic E-state index is -0.0880. The van der Waals surface area contributed by atoms with Gasteiger partial charge in [-0.15, -0.1) is 0 Å². The number of rotatable bonds is 6. The molecular weight excluding hydrogens is 232 g/mol. The smallest absolute Gasteiger partial charge is 0.308 e. The summed E-state index contributed by atoms with van der Waals surface area (Å²) < 4.78 is 5.01. The van der Waals surface area contributed by atoms with Crippen molar-refractivity contribution in [1.82, 2.24) is 10.6 Å². The molecule has 104 valence electrons. The number of esters is 1. The number of ether oxygens (including phenoxy) is 1. The van der Waals surface area contributed by atoms with E-state index in [1.807, 2.05) is 13.8 Å². The molecule has 1 amide bonds. The Morgan fingerprint density at radius 3 is 2.39 bits per heavy atom. The molecule has 0 radical (unpaired) electrons. The van der Waals surface area contributed by atoms with Crippen LogP contribution in [0.4, 0.5) is 0 Å². The van der Waals surface area contributed by atoms with E-state index in [0.717, 1.165) is 32.2 Å². The van der Waals surface area contributed by atoms with E-state index in [-0.39, 0.29) is 23.8 Å². The number of nitrogens with one attached hydrogen (secondary N) is 2. The molecule has 0 unspecified atom stereocenters. The van der Waals surface area contributed by atoms with Gasteiger partial charge < -0.3 is 15.4 Å². The van der Waals surface area contributed by atoms with Crippen LogP contribution in [0.2, 0.25) is 0 Å². The average Bonchev–Trinajstić information content (AvgIpc) is 2.37. The van der Waals surface area contributed by atoms with Gasteiger partial charge in [0, 0.05) is 6.04 Å². The van der Waals surface area contributed by atoms with Gasteiger partial charge in [-0.25, -0.2) is 0 Å². The Labute approximate surface area is 109 Å². The minimum absolute atomic E-state index is 0.0202. The Hall–Kier alpha value is -1.10. The molecule has 2 N–H and O–H groups in total. The summed E-state index contributed by atoms with van der Waals surface area (Å²) in [5, 5.41) is 5.99. The van der Waals surface area contributed by atoms with Crippen molar-refractivity contribution in [2.24, 2.45) is 5.92 Å². The van der Waals surface area contributed by atoms with Gasteiger partial charge in [0.1, 0.15) is 0 Å². The zero-order valence-corrected chi connectivity index (χ0v) is 11.3. The van der Waals surface area contributed by atoms with Crippen LogP contribution in [0.25, 0.3) is 0 Å². The first-order chi connectivity index (χ1) is 8.67. The number of carbonyl (C=O) groups is 2. The van der Waals surface area contributed by atoms with Crippen LogP contribution in [-0.2, 0) is 14.3 Å². The lowest BCUT2D eigenvalue weighted by Gasteiger charge is -2.27. The first-order valence-electron chi connectivity index (χ1n) is 6.84. The van der Waals surface area contributed by atoms with Gasteiger partial charge in [-0.2, -0.15) is 0 Å². The first kappa shape index (κ1) is 15.0. The standard InChI is InChI=1S/C13H24N2O3/c1-3-14-9-12(16)15-11-7-5-10(6-8-11)13(17)18-4-2/h10-11,14H,3-9H2,1-2H3,(H,15,16). The fourth-order valence-electron chi connectivity index (χ4n) is 2.25. The highest BCUT2D eigenvalue weighted by Crippen LogP contribution is 2.25. The van der Waals surface area contributed by atoms with Crippen molar-refractivity contribution >= 4 is 11.9 Å². The van der Waals surface area contributed by atoms with Crippen molar-refractivity contribution in [3.8, 4) is 0 Å². The van der Waals surface area contributed by atoms with Crippen molar-refractivity contribution in [3.05, 3.63) is 0 Å². The van der Waals surface area contributed by atoms with Gasteiger partial charge in [0.25, 0.3) is 0 Å². The van der Waals surface area contributed by atoms with E-state index < -0.39 is 0 Å². The molecule has 0 atom stereocenters. The molecule has 0 bridgehead atoms. The minimum Gasteiger partial charge on any atom is -0.466 e. The van der Waals surface area contributed by atoms with Crippen LogP contribution < -0.4 is 10.6 Å². The quantitative estimate of drug-likeness (QED) is 0.691. The maximum absolute atomic E-state index is 11.5. The Morgan fingerprint density at radius 2 is 1.83 bits per heavy atom. The lowest BCUT2D eigenvalue weighted by Crippen LogP contribution is -2.42. The molecule has 0 spiro atoms. The van der Waals surface area contributed by atoms with Crippen molar-refractivity contribution in [3.63, 3.8) is 0 Å². The highest BCUT2D eigenvalue weighted by Gasteiger charge is 2.27. The third-order valence-corrected chi connectivity index (χ3v) is 3.25. The second-order valence-corrected chi connectivity index (χ2v) is 4.65. The molecule has 5 heteroatoms. The summed E-state index contributed by atoms with van der Waals surface area (Å²) in [5.74, 6) is -0.0294. The Bertz CT molecular complexity index is 273. The molecule has 5 nitrogen and oxygen atoms in total. The largest absolute Gasteiger partial charge is 0.466 e. The normalized spacial score (nSPS) is 23.4. The van der Waals surface area contributed by atoms with Crippen LogP contribution in [-0.4, -0.2) is 37.6 Å². The molecule has 0 aromatic heterocycles. The van der Waals surface area contributed by atoms with Gasteiger partial charge in [-0.05, 0) is 39.2 Å². The molecule has 0 saturated heterocycles. The summed E-state index contributed by atoms with van der Waals surface area (Å²) >= 11 is 0. The van der Waals surface area contributed by atoms with E-state index in [1.165, 1.54) is 0 Å². The van der Waals surface area contributed by atoms with E-state index in [2.05, 4.69) is 10.6 Å². The van der Waals surface area contributed by atoms with Gasteiger partial charge in [0.05, 0.1) is 19.1 Å². The number of amides is 1. The van der Waals surface area contributed by atoms with Crippen molar-refractivity contribution < 1.29 is 14.3 Å². The Kier molecular flexibility index (Phi) is 6.72. The number of carbonyl (C=O) groups excluding carboxylic acids is 2. The van der Waals surface area contributed by atoms with Gasteiger partial charge >= 0.3 is 5.97 Å².